The van der Waals surface area contributed by atoms with Gasteiger partial charge in [-0.1, -0.05) is 54.1 Å². The summed E-state index contributed by atoms with van der Waals surface area (Å²) in [5.74, 6) is -0.0542. The maximum absolute atomic E-state index is 13.7. The van der Waals surface area contributed by atoms with Gasteiger partial charge in [-0.2, -0.15) is 5.10 Å². The molecule has 0 radical (unpaired) electrons. The Morgan fingerprint density at radius 1 is 1.09 bits per heavy atom. The van der Waals surface area contributed by atoms with E-state index in [1.165, 1.54) is 0 Å². The summed E-state index contributed by atoms with van der Waals surface area (Å²) in [6.45, 7) is 2.39. The van der Waals surface area contributed by atoms with Gasteiger partial charge in [-0.3, -0.25) is 4.79 Å². The monoisotopic (exact) mass is 445 g/mol. The highest BCUT2D eigenvalue weighted by molar-refractivity contribution is 6.30. The summed E-state index contributed by atoms with van der Waals surface area (Å²) < 4.78 is 1.69. The number of fused-ring (bicyclic) bond motifs is 1. The molecule has 4 aromatic rings. The first kappa shape index (κ1) is 20.7. The minimum Gasteiger partial charge on any atom is -0.330 e. The van der Waals surface area contributed by atoms with Gasteiger partial charge >= 0.3 is 0 Å². The molecule has 6 nitrogen and oxygen atoms in total. The van der Waals surface area contributed by atoms with Crippen LogP contribution < -0.4 is 5.32 Å². The summed E-state index contributed by atoms with van der Waals surface area (Å²) >= 11 is 6.19. The zero-order valence-electron chi connectivity index (χ0n) is 17.6. The zero-order chi connectivity index (χ0) is 21.9. The number of carbonyl (C=O) groups is 1. The molecule has 0 atom stereocenters. The smallest absolute Gasteiger partial charge is 0.273 e. The van der Waals surface area contributed by atoms with Crippen LogP contribution in [0.2, 0.25) is 5.02 Å². The fourth-order valence-electron chi connectivity index (χ4n) is 4.26. The Morgan fingerprint density at radius 2 is 1.91 bits per heavy atom. The van der Waals surface area contributed by atoms with E-state index in [0.717, 1.165) is 42.6 Å². The molecule has 3 heterocycles. The molecule has 32 heavy (non-hydrogen) atoms. The van der Waals surface area contributed by atoms with Crippen LogP contribution in [0.4, 0.5) is 0 Å². The van der Waals surface area contributed by atoms with Gasteiger partial charge in [0.2, 0.25) is 0 Å². The molecule has 0 saturated carbocycles. The van der Waals surface area contributed by atoms with E-state index in [-0.39, 0.29) is 11.9 Å². The third kappa shape index (κ3) is 4.24. The van der Waals surface area contributed by atoms with E-state index in [0.29, 0.717) is 22.9 Å². The first-order chi connectivity index (χ1) is 15.7. The molecule has 7 heteroatoms. The number of halogens is 1. The van der Waals surface area contributed by atoms with E-state index >= 15 is 0 Å². The lowest BCUT2D eigenvalue weighted by molar-refractivity contribution is 0.0617. The number of rotatable bonds is 5. The van der Waals surface area contributed by atoms with Crippen molar-refractivity contribution in [1.29, 1.82) is 0 Å². The second kappa shape index (κ2) is 9.10. The first-order valence-corrected chi connectivity index (χ1v) is 11.2. The summed E-state index contributed by atoms with van der Waals surface area (Å²) in [4.78, 5) is 20.4. The molecule has 5 rings (SSSR count). The Balaban J connectivity index is 1.51. The normalized spacial score (nSPS) is 14.5. The molecule has 162 valence electrons. The Hall–Kier alpha value is -3.22. The molecule has 1 aliphatic rings. The van der Waals surface area contributed by atoms with Crippen molar-refractivity contribution < 1.29 is 4.79 Å². The van der Waals surface area contributed by atoms with E-state index in [9.17, 15) is 4.79 Å². The third-order valence-electron chi connectivity index (χ3n) is 5.93. The Kier molecular flexibility index (Phi) is 5.88. The van der Waals surface area contributed by atoms with Gasteiger partial charge < -0.3 is 10.2 Å². The fraction of sp³-hybridized carbons (Fsp3) is 0.240. The lowest BCUT2D eigenvalue weighted by Gasteiger charge is -2.34. The molecule has 1 N–H and O–H groups in total. The van der Waals surface area contributed by atoms with Gasteiger partial charge in [-0.05, 0) is 55.3 Å². The van der Waals surface area contributed by atoms with Gasteiger partial charge in [0.05, 0.1) is 6.20 Å². The van der Waals surface area contributed by atoms with Crippen molar-refractivity contribution >= 4 is 23.2 Å². The Labute approximate surface area is 191 Å². The number of piperidine rings is 1. The van der Waals surface area contributed by atoms with Crippen LogP contribution in [0.25, 0.3) is 16.8 Å². The molecule has 1 amide bonds. The standard InChI is InChI=1S/C25H24ClN5O/c26-20-8-4-7-19(15-20)22-16-28-31-14-11-23(29-24(22)31)25(32)30(21-9-12-27-13-10-21)17-18-5-2-1-3-6-18/h1-8,11,14-16,21,27H,9-10,12-13,17H2. The average molecular weight is 446 g/mol. The predicted octanol–water partition coefficient (Wildman–Crippen LogP) is 4.44. The maximum Gasteiger partial charge on any atom is 0.273 e. The van der Waals surface area contributed by atoms with Crippen LogP contribution in [-0.4, -0.2) is 44.5 Å². The number of amides is 1. The van der Waals surface area contributed by atoms with Crippen molar-refractivity contribution in [2.75, 3.05) is 13.1 Å². The lowest BCUT2D eigenvalue weighted by atomic mass is 10.0. The third-order valence-corrected chi connectivity index (χ3v) is 6.16. The average Bonchev–Trinajstić information content (AvgIpc) is 3.27. The molecule has 1 aliphatic heterocycles. The molecule has 0 unspecified atom stereocenters. The Morgan fingerprint density at radius 3 is 2.69 bits per heavy atom. The van der Waals surface area contributed by atoms with Gasteiger partial charge in [0.1, 0.15) is 5.69 Å². The summed E-state index contributed by atoms with van der Waals surface area (Å²) in [5.41, 5.74) is 3.95. The molecular weight excluding hydrogens is 422 g/mol. The number of hydrogen-bond donors (Lipinski definition) is 1. The highest BCUT2D eigenvalue weighted by Crippen LogP contribution is 2.26. The summed E-state index contributed by atoms with van der Waals surface area (Å²) in [5, 5.41) is 8.44. The molecular formula is C25H24ClN5O. The highest BCUT2D eigenvalue weighted by atomic mass is 35.5. The van der Waals surface area contributed by atoms with Gasteiger partial charge in [0, 0.05) is 29.4 Å². The van der Waals surface area contributed by atoms with Crippen LogP contribution in [0.5, 0.6) is 0 Å². The molecule has 0 aliphatic carbocycles. The SMILES string of the molecule is O=C(c1ccn2ncc(-c3cccc(Cl)c3)c2n1)N(Cc1ccccc1)C1CCNCC1. The number of benzene rings is 2. The van der Waals surface area contributed by atoms with Crippen LogP contribution in [0.3, 0.4) is 0 Å². The molecule has 0 bridgehead atoms. The minimum absolute atomic E-state index is 0.0542. The number of hydrogen-bond acceptors (Lipinski definition) is 4. The minimum atomic E-state index is -0.0542. The number of nitrogens with zero attached hydrogens (tertiary/aromatic N) is 4. The van der Waals surface area contributed by atoms with E-state index in [1.54, 1.807) is 23.0 Å². The van der Waals surface area contributed by atoms with Crippen LogP contribution in [0.1, 0.15) is 28.9 Å². The van der Waals surface area contributed by atoms with Crippen LogP contribution in [-0.2, 0) is 6.54 Å². The van der Waals surface area contributed by atoms with Crippen LogP contribution in [0.15, 0.2) is 73.1 Å². The van der Waals surface area contributed by atoms with Gasteiger partial charge in [-0.15, -0.1) is 0 Å². The molecule has 1 fully saturated rings. The quantitative estimate of drug-likeness (QED) is 0.493. The van der Waals surface area contributed by atoms with E-state index in [4.69, 9.17) is 16.6 Å². The second-order valence-corrected chi connectivity index (χ2v) is 8.49. The topological polar surface area (TPSA) is 62.5 Å². The van der Waals surface area contributed by atoms with Gasteiger partial charge in [-0.25, -0.2) is 9.50 Å². The van der Waals surface area contributed by atoms with Crippen molar-refractivity contribution in [2.24, 2.45) is 0 Å². The first-order valence-electron chi connectivity index (χ1n) is 10.8. The van der Waals surface area contributed by atoms with Crippen molar-refractivity contribution in [3.05, 3.63) is 89.3 Å². The Bertz CT molecular complexity index is 1230. The van der Waals surface area contributed by atoms with Crippen LogP contribution in [0, 0.1) is 0 Å². The summed E-state index contributed by atoms with van der Waals surface area (Å²) in [7, 11) is 0. The van der Waals surface area contributed by atoms with Crippen LogP contribution >= 0.6 is 11.6 Å². The van der Waals surface area contributed by atoms with Crippen molar-refractivity contribution in [1.82, 2.24) is 24.8 Å². The van der Waals surface area contributed by atoms with Gasteiger partial charge in [0.25, 0.3) is 5.91 Å². The molecule has 2 aromatic carbocycles. The second-order valence-electron chi connectivity index (χ2n) is 8.05. The molecule has 2 aromatic heterocycles. The van der Waals surface area contributed by atoms with Crippen molar-refractivity contribution in [2.45, 2.75) is 25.4 Å². The number of carbonyl (C=O) groups excluding carboxylic acids is 1. The van der Waals surface area contributed by atoms with Gasteiger partial charge in [0.15, 0.2) is 5.65 Å². The highest BCUT2D eigenvalue weighted by Gasteiger charge is 2.27. The van der Waals surface area contributed by atoms with Crippen molar-refractivity contribution in [3.8, 4) is 11.1 Å². The van der Waals surface area contributed by atoms with E-state index < -0.39 is 0 Å². The number of nitrogens with one attached hydrogen (secondary N) is 1. The van der Waals surface area contributed by atoms with Crippen molar-refractivity contribution in [3.63, 3.8) is 0 Å². The largest absolute Gasteiger partial charge is 0.330 e. The zero-order valence-corrected chi connectivity index (χ0v) is 18.4. The van der Waals surface area contributed by atoms with E-state index in [2.05, 4.69) is 22.5 Å². The fourth-order valence-corrected chi connectivity index (χ4v) is 4.45. The van der Waals surface area contributed by atoms with E-state index in [1.807, 2.05) is 47.4 Å². The number of aromatic nitrogens is 3. The predicted molar refractivity (Wildman–Crippen MR) is 126 cm³/mol. The molecule has 0 spiro atoms. The maximum atomic E-state index is 13.7. The summed E-state index contributed by atoms with van der Waals surface area (Å²) in [6, 6.07) is 19.6. The molecule has 1 saturated heterocycles. The lowest BCUT2D eigenvalue weighted by Crippen LogP contribution is -2.46. The summed E-state index contributed by atoms with van der Waals surface area (Å²) in [6.07, 6.45) is 5.42.